The number of pyridine rings is 1. The Morgan fingerprint density at radius 2 is 2.38 bits per heavy atom. The van der Waals surface area contributed by atoms with Gasteiger partial charge in [-0.1, -0.05) is 13.8 Å². The van der Waals surface area contributed by atoms with Gasteiger partial charge in [0.15, 0.2) is 0 Å². The summed E-state index contributed by atoms with van der Waals surface area (Å²) in [7, 11) is 0. The largest absolute Gasteiger partial charge is 0.370 e. The van der Waals surface area contributed by atoms with Crippen LogP contribution < -0.4 is 5.32 Å². The highest BCUT2D eigenvalue weighted by Gasteiger charge is 1.97. The van der Waals surface area contributed by atoms with Crippen LogP contribution in [0.1, 0.15) is 19.4 Å². The molecule has 0 bridgehead atoms. The van der Waals surface area contributed by atoms with Crippen molar-refractivity contribution in [3.63, 3.8) is 0 Å². The number of hydrogen-bond acceptors (Lipinski definition) is 3. The highest BCUT2D eigenvalue weighted by molar-refractivity contribution is 5.42. The molecular weight excluding hydrogens is 162 g/mol. The molecule has 0 unspecified atom stereocenters. The van der Waals surface area contributed by atoms with E-state index in [1.54, 1.807) is 18.3 Å². The van der Waals surface area contributed by atoms with Crippen molar-refractivity contribution in [2.45, 2.75) is 13.8 Å². The summed E-state index contributed by atoms with van der Waals surface area (Å²) in [6.45, 7) is 5.13. The standard InChI is InChI=1S/C10H13N3/c1-8(2)7-13-10-5-9(6-11)3-4-12-10/h3-5,8H,7H2,1-2H3,(H,12,13). The van der Waals surface area contributed by atoms with E-state index < -0.39 is 0 Å². The molecule has 0 saturated heterocycles. The van der Waals surface area contributed by atoms with Gasteiger partial charge in [0.1, 0.15) is 5.82 Å². The average Bonchev–Trinajstić information content (AvgIpc) is 2.15. The van der Waals surface area contributed by atoms with E-state index in [2.05, 4.69) is 30.2 Å². The second-order valence-electron chi connectivity index (χ2n) is 3.32. The first-order chi connectivity index (χ1) is 6.22. The molecule has 1 aromatic heterocycles. The van der Waals surface area contributed by atoms with Gasteiger partial charge >= 0.3 is 0 Å². The average molecular weight is 175 g/mol. The summed E-state index contributed by atoms with van der Waals surface area (Å²) in [6, 6.07) is 5.52. The van der Waals surface area contributed by atoms with Gasteiger partial charge in [0.2, 0.25) is 0 Å². The molecule has 1 rings (SSSR count). The predicted octanol–water partition coefficient (Wildman–Crippen LogP) is 2.02. The molecule has 1 aromatic rings. The smallest absolute Gasteiger partial charge is 0.127 e. The number of nitrogens with zero attached hydrogens (tertiary/aromatic N) is 2. The molecule has 0 aliphatic rings. The zero-order chi connectivity index (χ0) is 9.68. The predicted molar refractivity (Wildman–Crippen MR) is 52.3 cm³/mol. The maximum atomic E-state index is 8.63. The first kappa shape index (κ1) is 9.53. The van der Waals surface area contributed by atoms with Gasteiger partial charge in [-0.05, 0) is 18.1 Å². The topological polar surface area (TPSA) is 48.7 Å². The Bertz CT molecular complexity index is 312. The lowest BCUT2D eigenvalue weighted by molar-refractivity contribution is 0.687. The second kappa shape index (κ2) is 4.46. The molecule has 0 saturated carbocycles. The second-order valence-corrected chi connectivity index (χ2v) is 3.32. The fourth-order valence-electron chi connectivity index (χ4n) is 0.905. The molecule has 68 valence electrons. The fraction of sp³-hybridized carbons (Fsp3) is 0.400. The molecule has 1 N–H and O–H groups in total. The monoisotopic (exact) mass is 175 g/mol. The minimum Gasteiger partial charge on any atom is -0.370 e. The molecule has 0 fully saturated rings. The van der Waals surface area contributed by atoms with Crippen molar-refractivity contribution in [2.75, 3.05) is 11.9 Å². The van der Waals surface area contributed by atoms with Crippen molar-refractivity contribution in [1.29, 1.82) is 5.26 Å². The van der Waals surface area contributed by atoms with Gasteiger partial charge in [-0.3, -0.25) is 0 Å². The van der Waals surface area contributed by atoms with Gasteiger partial charge in [0, 0.05) is 12.7 Å². The van der Waals surface area contributed by atoms with E-state index in [-0.39, 0.29) is 0 Å². The maximum absolute atomic E-state index is 8.63. The number of aromatic nitrogens is 1. The first-order valence-electron chi connectivity index (χ1n) is 4.32. The van der Waals surface area contributed by atoms with Crippen LogP contribution in [0.5, 0.6) is 0 Å². The third kappa shape index (κ3) is 3.12. The highest BCUT2D eigenvalue weighted by atomic mass is 15.0. The molecule has 13 heavy (non-hydrogen) atoms. The van der Waals surface area contributed by atoms with E-state index >= 15 is 0 Å². The minimum absolute atomic E-state index is 0.576. The molecule has 3 nitrogen and oxygen atoms in total. The summed E-state index contributed by atoms with van der Waals surface area (Å²) in [5, 5.41) is 11.8. The van der Waals surface area contributed by atoms with E-state index in [4.69, 9.17) is 5.26 Å². The van der Waals surface area contributed by atoms with Gasteiger partial charge in [-0.15, -0.1) is 0 Å². The molecule has 1 heterocycles. The van der Waals surface area contributed by atoms with Crippen LogP contribution >= 0.6 is 0 Å². The molecule has 0 aromatic carbocycles. The Morgan fingerprint density at radius 3 is 3.00 bits per heavy atom. The number of nitrogens with one attached hydrogen (secondary N) is 1. The molecule has 0 spiro atoms. The molecule has 0 atom stereocenters. The first-order valence-corrected chi connectivity index (χ1v) is 4.32. The molecule has 0 aliphatic carbocycles. The quantitative estimate of drug-likeness (QED) is 0.764. The fourth-order valence-corrected chi connectivity index (χ4v) is 0.905. The highest BCUT2D eigenvalue weighted by Crippen LogP contribution is 2.06. The lowest BCUT2D eigenvalue weighted by atomic mass is 10.2. The third-order valence-corrected chi connectivity index (χ3v) is 1.58. The zero-order valence-corrected chi connectivity index (χ0v) is 7.91. The molecule has 3 heteroatoms. The summed E-state index contributed by atoms with van der Waals surface area (Å²) in [5.41, 5.74) is 0.640. The summed E-state index contributed by atoms with van der Waals surface area (Å²) < 4.78 is 0. The molecule has 0 aliphatic heterocycles. The Kier molecular flexibility index (Phi) is 3.27. The number of nitriles is 1. The molecular formula is C10H13N3. The van der Waals surface area contributed by atoms with Crippen LogP contribution in [-0.4, -0.2) is 11.5 Å². The Balaban J connectivity index is 2.63. The van der Waals surface area contributed by atoms with E-state index in [0.29, 0.717) is 11.5 Å². The SMILES string of the molecule is CC(C)CNc1cc(C#N)ccn1. The summed E-state index contributed by atoms with van der Waals surface area (Å²) in [6.07, 6.45) is 1.64. The van der Waals surface area contributed by atoms with Gasteiger partial charge in [0.25, 0.3) is 0 Å². The number of anilines is 1. The van der Waals surface area contributed by atoms with Crippen molar-refractivity contribution >= 4 is 5.82 Å². The van der Waals surface area contributed by atoms with Crippen LogP contribution in [0.3, 0.4) is 0 Å². The maximum Gasteiger partial charge on any atom is 0.127 e. The van der Waals surface area contributed by atoms with Crippen LogP contribution in [0.25, 0.3) is 0 Å². The molecule has 0 radical (unpaired) electrons. The van der Waals surface area contributed by atoms with Gasteiger partial charge in [-0.2, -0.15) is 5.26 Å². The van der Waals surface area contributed by atoms with Crippen LogP contribution in [0.2, 0.25) is 0 Å². The van der Waals surface area contributed by atoms with Crippen molar-refractivity contribution in [1.82, 2.24) is 4.98 Å². The van der Waals surface area contributed by atoms with Gasteiger partial charge < -0.3 is 5.32 Å². The van der Waals surface area contributed by atoms with E-state index in [1.165, 1.54) is 0 Å². The third-order valence-electron chi connectivity index (χ3n) is 1.58. The summed E-state index contributed by atoms with van der Waals surface area (Å²) in [5.74, 6) is 1.35. The lowest BCUT2D eigenvalue weighted by Gasteiger charge is -2.07. The van der Waals surface area contributed by atoms with Crippen LogP contribution in [0.4, 0.5) is 5.82 Å². The minimum atomic E-state index is 0.576. The van der Waals surface area contributed by atoms with E-state index in [1.807, 2.05) is 0 Å². The lowest BCUT2D eigenvalue weighted by Crippen LogP contribution is -2.08. The summed E-state index contributed by atoms with van der Waals surface area (Å²) in [4.78, 5) is 4.10. The van der Waals surface area contributed by atoms with Crippen LogP contribution in [-0.2, 0) is 0 Å². The Labute approximate surface area is 78.4 Å². The zero-order valence-electron chi connectivity index (χ0n) is 7.91. The number of hydrogen-bond donors (Lipinski definition) is 1. The molecule has 0 amide bonds. The van der Waals surface area contributed by atoms with Crippen LogP contribution in [0.15, 0.2) is 18.3 Å². The summed E-state index contributed by atoms with van der Waals surface area (Å²) >= 11 is 0. The van der Waals surface area contributed by atoms with E-state index in [0.717, 1.165) is 12.4 Å². The van der Waals surface area contributed by atoms with Crippen molar-refractivity contribution < 1.29 is 0 Å². The Morgan fingerprint density at radius 1 is 1.62 bits per heavy atom. The normalized spacial score (nSPS) is 9.69. The van der Waals surface area contributed by atoms with Gasteiger partial charge in [0.05, 0.1) is 11.6 Å². The van der Waals surface area contributed by atoms with Gasteiger partial charge in [-0.25, -0.2) is 4.98 Å². The van der Waals surface area contributed by atoms with Crippen molar-refractivity contribution in [3.8, 4) is 6.07 Å². The van der Waals surface area contributed by atoms with Crippen molar-refractivity contribution in [2.24, 2.45) is 5.92 Å². The van der Waals surface area contributed by atoms with Crippen molar-refractivity contribution in [3.05, 3.63) is 23.9 Å². The Hall–Kier alpha value is -1.56. The number of rotatable bonds is 3. The van der Waals surface area contributed by atoms with Crippen LogP contribution in [0, 0.1) is 17.2 Å². The van der Waals surface area contributed by atoms with E-state index in [9.17, 15) is 0 Å².